The van der Waals surface area contributed by atoms with Crippen molar-refractivity contribution in [3.8, 4) is 11.5 Å². The van der Waals surface area contributed by atoms with Crippen molar-refractivity contribution in [2.45, 2.75) is 17.9 Å². The summed E-state index contributed by atoms with van der Waals surface area (Å²) in [6.07, 6.45) is 4.72. The fraction of sp³-hybridized carbons (Fsp3) is 0.192. The highest BCUT2D eigenvalue weighted by Crippen LogP contribution is 2.44. The molecule has 5 rings (SSSR count). The van der Waals surface area contributed by atoms with Gasteiger partial charge in [-0.25, -0.2) is 4.98 Å². The van der Waals surface area contributed by atoms with Gasteiger partial charge in [0.15, 0.2) is 5.60 Å². The first-order chi connectivity index (χ1) is 16.4. The molecule has 2 unspecified atom stereocenters. The fourth-order valence-electron chi connectivity index (χ4n) is 4.57. The molecule has 0 radical (unpaired) electrons. The average Bonchev–Trinajstić information content (AvgIpc) is 3.42. The summed E-state index contributed by atoms with van der Waals surface area (Å²) in [5.41, 5.74) is 2.44. The van der Waals surface area contributed by atoms with Crippen LogP contribution in [0, 0.1) is 0 Å². The van der Waals surface area contributed by atoms with Crippen molar-refractivity contribution in [3.63, 3.8) is 0 Å². The van der Waals surface area contributed by atoms with Gasteiger partial charge in [0.1, 0.15) is 11.5 Å². The molecule has 3 heterocycles. The zero-order chi connectivity index (χ0) is 23.9. The van der Waals surface area contributed by atoms with Crippen LogP contribution in [0.15, 0.2) is 73.3 Å². The van der Waals surface area contributed by atoms with E-state index in [4.69, 9.17) is 4.74 Å². The van der Waals surface area contributed by atoms with E-state index in [2.05, 4.69) is 15.0 Å². The lowest BCUT2D eigenvalue weighted by molar-refractivity contribution is -0.118. The molecule has 2 aromatic carbocycles. The average molecular weight is 457 g/mol. The zero-order valence-electron chi connectivity index (χ0n) is 18.8. The predicted molar refractivity (Wildman–Crippen MR) is 126 cm³/mol. The number of rotatable bonds is 5. The van der Waals surface area contributed by atoms with Crippen molar-refractivity contribution >= 4 is 11.6 Å². The number of nitrogens with one attached hydrogen (secondary N) is 1. The van der Waals surface area contributed by atoms with Gasteiger partial charge in [-0.2, -0.15) is 0 Å². The number of benzene rings is 2. The summed E-state index contributed by atoms with van der Waals surface area (Å²) in [6.45, 7) is 0. The lowest BCUT2D eigenvalue weighted by Gasteiger charge is -2.34. The number of H-pyrrole nitrogens is 1. The first-order valence-electron chi connectivity index (χ1n) is 10.8. The van der Waals surface area contributed by atoms with Gasteiger partial charge in [0, 0.05) is 30.8 Å². The van der Waals surface area contributed by atoms with Gasteiger partial charge in [0.25, 0.3) is 0 Å². The molecular weight excluding hydrogens is 432 g/mol. The van der Waals surface area contributed by atoms with Gasteiger partial charge in [-0.3, -0.25) is 9.78 Å². The van der Waals surface area contributed by atoms with Crippen molar-refractivity contribution in [2.75, 3.05) is 19.1 Å². The van der Waals surface area contributed by atoms with Crippen LogP contribution in [-0.2, 0) is 10.4 Å². The first kappa shape index (κ1) is 21.7. The van der Waals surface area contributed by atoms with Gasteiger partial charge in [0.2, 0.25) is 5.91 Å². The summed E-state index contributed by atoms with van der Waals surface area (Å²) in [5.74, 6) is 0.320. The van der Waals surface area contributed by atoms with Gasteiger partial charge in [-0.15, -0.1) is 0 Å². The number of imidazole rings is 1. The summed E-state index contributed by atoms with van der Waals surface area (Å²) in [6, 6.07) is 16.1. The fourth-order valence-corrected chi connectivity index (χ4v) is 4.57. The number of aliphatic hydroxyl groups is 1. The number of hydrogen-bond donors (Lipinski definition) is 3. The number of amides is 1. The Morgan fingerprint density at radius 3 is 2.65 bits per heavy atom. The number of ether oxygens (including phenoxy) is 1. The monoisotopic (exact) mass is 456 g/mol. The third kappa shape index (κ3) is 3.48. The van der Waals surface area contributed by atoms with E-state index in [1.807, 2.05) is 36.4 Å². The molecule has 1 aliphatic rings. The van der Waals surface area contributed by atoms with E-state index in [0.717, 1.165) is 11.3 Å². The lowest BCUT2D eigenvalue weighted by atomic mass is 9.79. The number of methoxy groups -OCH3 is 1. The Balaban J connectivity index is 1.71. The van der Waals surface area contributed by atoms with Crippen molar-refractivity contribution in [2.24, 2.45) is 0 Å². The smallest absolute Gasteiger partial charge is 0.227 e. The molecule has 34 heavy (non-hydrogen) atoms. The molecule has 1 amide bonds. The van der Waals surface area contributed by atoms with Gasteiger partial charge >= 0.3 is 0 Å². The minimum Gasteiger partial charge on any atom is -0.506 e. The number of hydrogen-bond acceptors (Lipinski definition) is 6. The molecule has 0 aliphatic carbocycles. The molecule has 172 valence electrons. The van der Waals surface area contributed by atoms with Gasteiger partial charge in [0.05, 0.1) is 31.5 Å². The van der Waals surface area contributed by atoms with E-state index in [0.29, 0.717) is 28.3 Å². The van der Waals surface area contributed by atoms with Gasteiger partial charge in [-0.1, -0.05) is 18.2 Å². The third-order valence-corrected chi connectivity index (χ3v) is 6.44. The van der Waals surface area contributed by atoms with Crippen molar-refractivity contribution in [1.29, 1.82) is 0 Å². The zero-order valence-corrected chi connectivity index (χ0v) is 18.8. The van der Waals surface area contributed by atoms with E-state index in [1.165, 1.54) is 12.5 Å². The summed E-state index contributed by atoms with van der Waals surface area (Å²) in [5, 5.41) is 21.9. The Morgan fingerprint density at radius 1 is 1.12 bits per heavy atom. The summed E-state index contributed by atoms with van der Waals surface area (Å²) in [4.78, 5) is 25.9. The van der Waals surface area contributed by atoms with E-state index >= 15 is 0 Å². The van der Waals surface area contributed by atoms with Crippen molar-refractivity contribution < 1.29 is 19.7 Å². The molecule has 8 heteroatoms. The number of anilines is 1. The number of aromatic amines is 1. The molecule has 2 aromatic heterocycles. The molecule has 0 spiro atoms. The molecule has 0 fully saturated rings. The number of aromatic nitrogens is 3. The van der Waals surface area contributed by atoms with E-state index in [-0.39, 0.29) is 24.0 Å². The second-order valence-corrected chi connectivity index (χ2v) is 8.33. The van der Waals surface area contributed by atoms with Crippen LogP contribution >= 0.6 is 0 Å². The van der Waals surface area contributed by atoms with Crippen molar-refractivity contribution in [1.82, 2.24) is 15.0 Å². The van der Waals surface area contributed by atoms with Gasteiger partial charge < -0.3 is 24.8 Å². The maximum Gasteiger partial charge on any atom is 0.227 e. The molecule has 1 aliphatic heterocycles. The number of aromatic hydroxyl groups is 1. The largest absolute Gasteiger partial charge is 0.506 e. The Labute approximate surface area is 196 Å². The predicted octanol–water partition coefficient (Wildman–Crippen LogP) is 3.30. The summed E-state index contributed by atoms with van der Waals surface area (Å²) >= 11 is 0. The Bertz CT molecular complexity index is 1340. The maximum atomic E-state index is 12.7. The van der Waals surface area contributed by atoms with Crippen LogP contribution in [0.25, 0.3) is 0 Å². The second kappa shape index (κ2) is 8.31. The first-order valence-corrected chi connectivity index (χ1v) is 10.8. The molecule has 8 nitrogen and oxygen atoms in total. The molecule has 0 bridgehead atoms. The Morgan fingerprint density at radius 2 is 1.94 bits per heavy atom. The number of pyridine rings is 1. The second-order valence-electron chi connectivity index (χ2n) is 8.33. The van der Waals surface area contributed by atoms with E-state index in [1.54, 1.807) is 43.5 Å². The van der Waals surface area contributed by atoms with E-state index in [9.17, 15) is 15.0 Å². The highest BCUT2D eigenvalue weighted by molar-refractivity contribution is 5.97. The topological polar surface area (TPSA) is 112 Å². The molecular formula is C26H24N4O4. The third-order valence-electron chi connectivity index (χ3n) is 6.44. The van der Waals surface area contributed by atoms with Crippen LogP contribution in [0.2, 0.25) is 0 Å². The number of nitrogens with zero attached hydrogens (tertiary/aromatic N) is 3. The normalized spacial score (nSPS) is 17.2. The quantitative estimate of drug-likeness (QED) is 0.425. The van der Waals surface area contributed by atoms with Gasteiger partial charge in [-0.05, 0) is 53.1 Å². The highest BCUT2D eigenvalue weighted by Gasteiger charge is 2.38. The van der Waals surface area contributed by atoms with Crippen molar-refractivity contribution in [3.05, 3.63) is 101 Å². The van der Waals surface area contributed by atoms with Crippen LogP contribution in [0.3, 0.4) is 0 Å². The van der Waals surface area contributed by atoms with Crippen LogP contribution in [-0.4, -0.2) is 45.2 Å². The number of carbonyl (C=O) groups is 1. The minimum absolute atomic E-state index is 0.0308. The lowest BCUT2D eigenvalue weighted by Crippen LogP contribution is -2.35. The maximum absolute atomic E-state index is 12.7. The SMILES string of the molecule is COc1cccc(C(O)(c2ccc3c(c2)C(c2ccc(O)cn2)CC(=O)N3C)c2cnc[nH]2)c1. The Kier molecular flexibility index (Phi) is 5.30. The van der Waals surface area contributed by atoms with Crippen LogP contribution in [0.5, 0.6) is 11.5 Å². The summed E-state index contributed by atoms with van der Waals surface area (Å²) in [7, 11) is 3.32. The van der Waals surface area contributed by atoms with E-state index < -0.39 is 5.60 Å². The van der Waals surface area contributed by atoms with Crippen LogP contribution in [0.1, 0.15) is 40.4 Å². The number of carbonyl (C=O) groups excluding carboxylic acids is 1. The Hall–Kier alpha value is -4.17. The number of fused-ring (bicyclic) bond motifs is 1. The molecule has 0 saturated heterocycles. The molecule has 3 N–H and O–H groups in total. The molecule has 4 aromatic rings. The minimum atomic E-state index is -1.55. The van der Waals surface area contributed by atoms with Crippen LogP contribution in [0.4, 0.5) is 5.69 Å². The van der Waals surface area contributed by atoms with Crippen LogP contribution < -0.4 is 9.64 Å². The molecule has 2 atom stereocenters. The standard InChI is InChI=1S/C26H24N4O4/c1-30-23-9-6-17(11-21(23)20(12-25(30)32)22-8-7-18(31)13-28-22)26(33,24-14-27-15-29-24)16-4-3-5-19(10-16)34-2/h3-11,13-15,20,31,33H,12H2,1-2H3,(H,27,29). The summed E-state index contributed by atoms with van der Waals surface area (Å²) < 4.78 is 5.39. The highest BCUT2D eigenvalue weighted by atomic mass is 16.5. The molecule has 0 saturated carbocycles.